The van der Waals surface area contributed by atoms with Gasteiger partial charge in [-0.2, -0.15) is 0 Å². The summed E-state index contributed by atoms with van der Waals surface area (Å²) < 4.78 is 37.2. The van der Waals surface area contributed by atoms with Crippen LogP contribution in [0, 0.1) is 0 Å². The lowest BCUT2D eigenvalue weighted by molar-refractivity contribution is 0.184. The standard InChI is InChI=1S/C21H29O8P/c1-7-17(25-3)19(29-30(22,23)24)13-15(2)9-8-10-16-11-12-18(26-4)21(28-6)20(14-16)27-5/h7-9,11,13-14H,1,10,12H2,2-6H3,(H2,22,23,24)/b9-8-,15-13+,19-17-. The van der Waals surface area contributed by atoms with Crippen molar-refractivity contribution >= 4 is 7.82 Å². The highest BCUT2D eigenvalue weighted by Crippen LogP contribution is 2.40. The molecule has 0 spiro atoms. The molecule has 0 fully saturated rings. The van der Waals surface area contributed by atoms with E-state index in [4.69, 9.17) is 33.3 Å². The lowest BCUT2D eigenvalue weighted by atomic mass is 10.1. The molecule has 0 saturated heterocycles. The highest BCUT2D eigenvalue weighted by Gasteiger charge is 2.19. The van der Waals surface area contributed by atoms with E-state index in [1.165, 1.54) is 19.3 Å². The Morgan fingerprint density at radius 1 is 1.17 bits per heavy atom. The average molecular weight is 440 g/mol. The smallest absolute Gasteiger partial charge is 0.497 e. The van der Waals surface area contributed by atoms with Crippen LogP contribution in [0.25, 0.3) is 0 Å². The zero-order valence-electron chi connectivity index (χ0n) is 17.9. The van der Waals surface area contributed by atoms with E-state index in [1.807, 2.05) is 18.2 Å². The van der Waals surface area contributed by atoms with Crippen LogP contribution in [0.2, 0.25) is 0 Å². The van der Waals surface area contributed by atoms with Crippen molar-refractivity contribution in [2.24, 2.45) is 0 Å². The Morgan fingerprint density at radius 2 is 1.87 bits per heavy atom. The number of rotatable bonds is 11. The van der Waals surface area contributed by atoms with Crippen molar-refractivity contribution in [2.75, 3.05) is 28.4 Å². The third-order valence-electron chi connectivity index (χ3n) is 3.97. The van der Waals surface area contributed by atoms with Gasteiger partial charge in [-0.05, 0) is 42.7 Å². The number of allylic oxidation sites excluding steroid dienone is 8. The monoisotopic (exact) mass is 440 g/mol. The summed E-state index contributed by atoms with van der Waals surface area (Å²) in [5.74, 6) is 1.77. The Bertz CT molecular complexity index is 852. The first-order chi connectivity index (χ1) is 14.2. The topological polar surface area (TPSA) is 104 Å². The van der Waals surface area contributed by atoms with Gasteiger partial charge in [0.1, 0.15) is 5.76 Å². The molecule has 30 heavy (non-hydrogen) atoms. The molecule has 0 amide bonds. The number of ether oxygens (including phenoxy) is 4. The number of hydrogen-bond acceptors (Lipinski definition) is 6. The van der Waals surface area contributed by atoms with E-state index in [0.29, 0.717) is 35.7 Å². The fraction of sp³-hybridized carbons (Fsp3) is 0.333. The van der Waals surface area contributed by atoms with Crippen molar-refractivity contribution in [1.82, 2.24) is 0 Å². The summed E-state index contributed by atoms with van der Waals surface area (Å²) in [5.41, 5.74) is 1.68. The van der Waals surface area contributed by atoms with Crippen LogP contribution in [0.1, 0.15) is 19.8 Å². The fourth-order valence-electron chi connectivity index (χ4n) is 2.62. The van der Waals surface area contributed by atoms with Gasteiger partial charge in [0, 0.05) is 6.42 Å². The van der Waals surface area contributed by atoms with Crippen molar-refractivity contribution in [1.29, 1.82) is 0 Å². The first kappa shape index (κ1) is 25.4. The van der Waals surface area contributed by atoms with E-state index in [0.717, 1.165) is 5.57 Å². The molecule has 1 aliphatic carbocycles. The summed E-state index contributed by atoms with van der Waals surface area (Å²) >= 11 is 0. The Hall–Kier alpha value is -2.67. The predicted molar refractivity (Wildman–Crippen MR) is 114 cm³/mol. The van der Waals surface area contributed by atoms with Gasteiger partial charge in [-0.1, -0.05) is 24.8 Å². The number of phosphoric ester groups is 1. The second kappa shape index (κ2) is 12.1. The molecule has 0 aromatic carbocycles. The van der Waals surface area contributed by atoms with Crippen LogP contribution in [0.4, 0.5) is 0 Å². The maximum atomic E-state index is 11.2. The van der Waals surface area contributed by atoms with E-state index >= 15 is 0 Å². The molecule has 2 N–H and O–H groups in total. The zero-order chi connectivity index (χ0) is 22.7. The van der Waals surface area contributed by atoms with E-state index < -0.39 is 7.82 Å². The molecule has 0 atom stereocenters. The Balaban J connectivity index is 3.04. The fourth-order valence-corrected chi connectivity index (χ4v) is 3.02. The molecule has 0 bridgehead atoms. The van der Waals surface area contributed by atoms with Crippen LogP contribution in [0.5, 0.6) is 0 Å². The SMILES string of the molecule is C=C\C(OC)=C(/C=C(C)/C=C\CC1=CCC(OC)=C(OC)C(OC)=C1)OP(=O)(O)O. The molecule has 1 rings (SSSR count). The van der Waals surface area contributed by atoms with Crippen molar-refractivity contribution in [3.63, 3.8) is 0 Å². The molecule has 8 nitrogen and oxygen atoms in total. The molecule has 0 saturated carbocycles. The van der Waals surface area contributed by atoms with Crippen molar-refractivity contribution in [3.05, 3.63) is 83.0 Å². The van der Waals surface area contributed by atoms with E-state index in [9.17, 15) is 4.57 Å². The van der Waals surface area contributed by atoms with E-state index in [2.05, 4.69) is 6.58 Å². The van der Waals surface area contributed by atoms with Gasteiger partial charge in [-0.3, -0.25) is 9.79 Å². The molecule has 0 aromatic rings. The first-order valence-electron chi connectivity index (χ1n) is 8.95. The molecule has 9 heteroatoms. The van der Waals surface area contributed by atoms with Gasteiger partial charge in [0.25, 0.3) is 0 Å². The molecule has 1 aliphatic rings. The molecule has 0 radical (unpaired) electrons. The van der Waals surface area contributed by atoms with Crippen molar-refractivity contribution in [2.45, 2.75) is 19.8 Å². The Morgan fingerprint density at radius 3 is 2.37 bits per heavy atom. The maximum Gasteiger partial charge on any atom is 0.524 e. The third kappa shape index (κ3) is 7.99. The molecule has 166 valence electrons. The van der Waals surface area contributed by atoms with Crippen LogP contribution in [-0.2, 0) is 28.0 Å². The van der Waals surface area contributed by atoms with Gasteiger partial charge >= 0.3 is 7.82 Å². The largest absolute Gasteiger partial charge is 0.524 e. The van der Waals surface area contributed by atoms with Crippen LogP contribution in [0.15, 0.2) is 83.0 Å². The third-order valence-corrected chi connectivity index (χ3v) is 4.41. The van der Waals surface area contributed by atoms with Crippen molar-refractivity contribution in [3.8, 4) is 0 Å². The summed E-state index contributed by atoms with van der Waals surface area (Å²) in [6.45, 7) is 5.32. The summed E-state index contributed by atoms with van der Waals surface area (Å²) in [5, 5.41) is 0. The molecule has 0 aliphatic heterocycles. The molecule has 0 aromatic heterocycles. The molecule has 0 heterocycles. The highest BCUT2D eigenvalue weighted by atomic mass is 31.2. The van der Waals surface area contributed by atoms with Gasteiger partial charge in [-0.25, -0.2) is 4.57 Å². The van der Waals surface area contributed by atoms with Gasteiger partial charge in [-0.15, -0.1) is 0 Å². The lowest BCUT2D eigenvalue weighted by Crippen LogP contribution is -2.00. The minimum atomic E-state index is -4.75. The summed E-state index contributed by atoms with van der Waals surface area (Å²) in [4.78, 5) is 18.2. The maximum absolute atomic E-state index is 11.2. The minimum Gasteiger partial charge on any atom is -0.497 e. The first-order valence-corrected chi connectivity index (χ1v) is 10.5. The van der Waals surface area contributed by atoms with Crippen LogP contribution in [0.3, 0.4) is 0 Å². The second-order valence-electron chi connectivity index (χ2n) is 6.07. The van der Waals surface area contributed by atoms with Crippen molar-refractivity contribution < 1.29 is 37.8 Å². The summed E-state index contributed by atoms with van der Waals surface area (Å²) in [6, 6.07) is 0. The van der Waals surface area contributed by atoms with Crippen LogP contribution in [-0.4, -0.2) is 38.2 Å². The number of methoxy groups -OCH3 is 4. The van der Waals surface area contributed by atoms with E-state index in [-0.39, 0.29) is 11.5 Å². The normalized spacial score (nSPS) is 16.3. The lowest BCUT2D eigenvalue weighted by Gasteiger charge is -2.12. The van der Waals surface area contributed by atoms with Gasteiger partial charge < -0.3 is 23.5 Å². The Kier molecular flexibility index (Phi) is 10.3. The van der Waals surface area contributed by atoms with Gasteiger partial charge in [0.15, 0.2) is 23.0 Å². The average Bonchev–Trinajstić information content (AvgIpc) is 2.86. The quantitative estimate of drug-likeness (QED) is 0.277. The predicted octanol–water partition coefficient (Wildman–Crippen LogP) is 4.40. The minimum absolute atomic E-state index is 0.107. The second-order valence-corrected chi connectivity index (χ2v) is 7.23. The van der Waals surface area contributed by atoms with Crippen LogP contribution < -0.4 is 0 Å². The summed E-state index contributed by atoms with van der Waals surface area (Å²) in [6.07, 6.45) is 11.5. The number of phosphoric acid groups is 1. The Labute approximate surface area is 177 Å². The molecular formula is C21H29O8P. The van der Waals surface area contributed by atoms with Gasteiger partial charge in [0.05, 0.1) is 28.4 Å². The van der Waals surface area contributed by atoms with Gasteiger partial charge in [0.2, 0.25) is 0 Å². The molecular weight excluding hydrogens is 411 g/mol. The number of hydrogen-bond donors (Lipinski definition) is 2. The van der Waals surface area contributed by atoms with E-state index in [1.54, 1.807) is 34.3 Å². The molecule has 0 unspecified atom stereocenters. The zero-order valence-corrected chi connectivity index (χ0v) is 18.8. The summed E-state index contributed by atoms with van der Waals surface area (Å²) in [7, 11) is 1.30. The highest BCUT2D eigenvalue weighted by molar-refractivity contribution is 7.46. The van der Waals surface area contributed by atoms with Crippen LogP contribution >= 0.6 is 7.82 Å².